The van der Waals surface area contributed by atoms with Crippen molar-refractivity contribution in [1.82, 2.24) is 38.2 Å². The SMILES string of the molecule is Cc1cc2ncoc2cc1-c1n(-c2c(C(C)C)cc(-c3ccccc3)cc2C(C)C)c2ccccc2[n+]1C.Cc1cc2ncoc2cc1-c1n(-c2ccc(-c3ccccc3)cc2)c2ccccc2[n+]1C.Cc1cc2ncoc2cc1-c1n(-c2cccc3ccccc23)c2ccccc2[n+]1C.Cc1cc2ncoc2cc1-c1n(-c2ccccc2-c2ccccc2)c2ccccc2[n+]1C. The molecule has 0 unspecified atom stereocenters. The fourth-order valence-corrected chi connectivity index (χ4v) is 19.4. The number of rotatable bonds is 13. The summed E-state index contributed by atoms with van der Waals surface area (Å²) < 4.78 is 41.3. The van der Waals surface area contributed by atoms with Gasteiger partial charge < -0.3 is 17.7 Å². The lowest BCUT2D eigenvalue weighted by molar-refractivity contribution is -0.634. The number of aromatic nitrogens is 12. The van der Waals surface area contributed by atoms with Gasteiger partial charge in [0.15, 0.2) is 92.0 Å². The molecule has 24 aromatic rings. The van der Waals surface area contributed by atoms with E-state index >= 15 is 0 Å². The van der Waals surface area contributed by atoms with Crippen LogP contribution in [0.25, 0.3) is 201 Å². The number of nitrogens with zero attached hydrogens (tertiary/aromatic N) is 12. The third-order valence-corrected chi connectivity index (χ3v) is 25.9. The van der Waals surface area contributed by atoms with Gasteiger partial charge >= 0.3 is 0 Å². The third-order valence-electron chi connectivity index (χ3n) is 25.9. The fourth-order valence-electron chi connectivity index (χ4n) is 19.4. The molecule has 0 amide bonds. The molecule has 0 aliphatic heterocycles. The molecule has 16 heteroatoms. The molecule has 16 nitrogen and oxygen atoms in total. The van der Waals surface area contributed by atoms with Crippen molar-refractivity contribution in [3.63, 3.8) is 0 Å². The molecule has 8 aromatic heterocycles. The molecule has 0 saturated heterocycles. The number of para-hydroxylation sites is 9. The van der Waals surface area contributed by atoms with Crippen LogP contribution in [0.3, 0.4) is 0 Å². The topological polar surface area (TPSA) is 139 Å². The van der Waals surface area contributed by atoms with Crippen molar-refractivity contribution in [2.24, 2.45) is 28.2 Å². The van der Waals surface area contributed by atoms with E-state index in [1.165, 1.54) is 125 Å². The highest BCUT2D eigenvalue weighted by Gasteiger charge is 2.36. The highest BCUT2D eigenvalue weighted by atomic mass is 16.3. The first-order valence-corrected chi connectivity index (χ1v) is 44.9. The Labute approximate surface area is 764 Å². The second-order valence-corrected chi connectivity index (χ2v) is 34.7. The Hall–Kier alpha value is -16.5. The van der Waals surface area contributed by atoms with Gasteiger partial charge in [0.2, 0.25) is 0 Å². The summed E-state index contributed by atoms with van der Waals surface area (Å²) in [6, 6.07) is 120. The van der Waals surface area contributed by atoms with Gasteiger partial charge in [0.05, 0.1) is 50.4 Å². The third kappa shape index (κ3) is 14.6. The number of imidazole rings is 4. The summed E-state index contributed by atoms with van der Waals surface area (Å²) in [7, 11) is 8.55. The number of fused-ring (bicyclic) bond motifs is 9. The summed E-state index contributed by atoms with van der Waals surface area (Å²) in [6.07, 6.45) is 6.05. The van der Waals surface area contributed by atoms with Crippen molar-refractivity contribution < 1.29 is 35.9 Å². The lowest BCUT2D eigenvalue weighted by Gasteiger charge is -2.21. The van der Waals surface area contributed by atoms with Gasteiger partial charge in [-0.05, 0) is 228 Å². The van der Waals surface area contributed by atoms with Crippen LogP contribution in [0, 0.1) is 27.7 Å². The molecule has 0 bridgehead atoms. The summed E-state index contributed by atoms with van der Waals surface area (Å²) in [5.74, 6) is 5.13. The molecule has 0 fully saturated rings. The van der Waals surface area contributed by atoms with Gasteiger partial charge in [-0.1, -0.05) is 234 Å². The normalized spacial score (nSPS) is 11.6. The first kappa shape index (κ1) is 82.5. The zero-order valence-electron chi connectivity index (χ0n) is 75.8. The van der Waals surface area contributed by atoms with E-state index in [1.54, 1.807) is 0 Å². The lowest BCUT2D eigenvalue weighted by atomic mass is 9.88. The fraction of sp³-hybridized carbons (Fsp3) is 0.121. The quantitative estimate of drug-likeness (QED) is 0.104. The molecule has 0 spiro atoms. The second kappa shape index (κ2) is 34.3. The summed E-state index contributed by atoms with van der Waals surface area (Å²) >= 11 is 0. The Morgan fingerprint density at radius 2 is 0.568 bits per heavy atom. The van der Waals surface area contributed by atoms with Crippen molar-refractivity contribution in [1.29, 1.82) is 0 Å². The molecule has 0 saturated carbocycles. The van der Waals surface area contributed by atoms with E-state index in [0.717, 1.165) is 135 Å². The first-order valence-electron chi connectivity index (χ1n) is 44.9. The maximum atomic E-state index is 5.75. The molecule has 642 valence electrons. The summed E-state index contributed by atoms with van der Waals surface area (Å²) in [5.41, 5.74) is 40.0. The molecule has 132 heavy (non-hydrogen) atoms. The first-order chi connectivity index (χ1) is 64.5. The molecular weight excluding hydrogens is 1630 g/mol. The summed E-state index contributed by atoms with van der Waals surface area (Å²) in [5, 5.41) is 2.45. The Kier molecular flexibility index (Phi) is 21.4. The molecule has 8 heterocycles. The minimum atomic E-state index is 0.336. The zero-order chi connectivity index (χ0) is 90.1. The molecule has 16 aromatic carbocycles. The van der Waals surface area contributed by atoms with E-state index in [4.69, 9.17) is 17.7 Å². The van der Waals surface area contributed by atoms with Crippen molar-refractivity contribution in [3.8, 4) is 102 Å². The van der Waals surface area contributed by atoms with Gasteiger partial charge in [-0.25, -0.2) is 38.2 Å². The van der Waals surface area contributed by atoms with Crippen molar-refractivity contribution in [2.75, 3.05) is 0 Å². The van der Waals surface area contributed by atoms with Crippen LogP contribution in [0.4, 0.5) is 0 Å². The van der Waals surface area contributed by atoms with E-state index in [1.807, 2.05) is 6.07 Å². The van der Waals surface area contributed by atoms with E-state index in [9.17, 15) is 0 Å². The minimum absolute atomic E-state index is 0.336. The number of oxazole rings is 4. The van der Waals surface area contributed by atoms with Gasteiger partial charge in [-0.15, -0.1) is 0 Å². The molecule has 0 aliphatic carbocycles. The van der Waals surface area contributed by atoms with Crippen molar-refractivity contribution in [3.05, 3.63) is 399 Å². The summed E-state index contributed by atoms with van der Waals surface area (Å²) in [4.78, 5) is 17.4. The predicted molar refractivity (Wildman–Crippen MR) is 531 cm³/mol. The van der Waals surface area contributed by atoms with Crippen LogP contribution in [0.15, 0.2) is 383 Å². The Balaban J connectivity index is 0.000000106. The van der Waals surface area contributed by atoms with Crippen molar-refractivity contribution in [2.45, 2.75) is 67.2 Å². The van der Waals surface area contributed by atoms with Gasteiger partial charge in [0.1, 0.15) is 44.8 Å². The van der Waals surface area contributed by atoms with E-state index < -0.39 is 0 Å². The average Bonchev–Trinajstić information content (AvgIpc) is 1.57. The van der Waals surface area contributed by atoms with E-state index in [2.05, 4.69) is 474 Å². The number of benzene rings is 16. The highest BCUT2D eigenvalue weighted by molar-refractivity contribution is 5.96. The summed E-state index contributed by atoms with van der Waals surface area (Å²) in [6.45, 7) is 17.8. The van der Waals surface area contributed by atoms with Crippen LogP contribution >= 0.6 is 0 Å². The lowest BCUT2D eigenvalue weighted by Crippen LogP contribution is -2.30. The van der Waals surface area contributed by atoms with Crippen LogP contribution in [-0.4, -0.2) is 38.2 Å². The molecule has 24 rings (SSSR count). The molecular formula is C116H98N12O4+4. The Morgan fingerprint density at radius 1 is 0.258 bits per heavy atom. The maximum Gasteiger partial charge on any atom is 0.295 e. The predicted octanol–water partition coefficient (Wildman–Crippen LogP) is 26.7. The van der Waals surface area contributed by atoms with E-state index in [-0.39, 0.29) is 0 Å². The molecule has 0 radical (unpaired) electrons. The van der Waals surface area contributed by atoms with Crippen LogP contribution in [0.2, 0.25) is 0 Å². The van der Waals surface area contributed by atoms with Gasteiger partial charge in [-0.3, -0.25) is 0 Å². The Bertz CT molecular complexity index is 8480. The van der Waals surface area contributed by atoms with Crippen LogP contribution in [0.5, 0.6) is 0 Å². The molecule has 0 aliphatic rings. The number of hydrogen-bond acceptors (Lipinski definition) is 8. The number of hydrogen-bond donors (Lipinski definition) is 0. The van der Waals surface area contributed by atoms with Crippen LogP contribution in [0.1, 0.15) is 72.9 Å². The van der Waals surface area contributed by atoms with Crippen LogP contribution in [-0.2, 0) is 28.2 Å². The Morgan fingerprint density at radius 3 is 0.992 bits per heavy atom. The standard InChI is InChI=1S/C34H34N3O.2C28H22N3O.C26H20N3O/c1-21(2)26-17-25(24-12-8-7-9-13-24)18-27(22(3)4)33(26)37-31-15-11-10-14-30(31)36(6)34(37)28-19-32-29(16-23(28)5)35-20-38-32;1-19-16-23-27(32-18-29-23)17-22(19)28-30(2)25-14-8-9-15-26(25)31(28)24-13-7-6-12-21(24)20-10-4-3-5-11-20;1-19-16-24-27(32-18-29-24)17-23(19)28-30(2)25-10-6-7-11-26(25)31(28)22-14-12-21(13-15-22)20-8-4-3-5-9-20;1-17-14-21-25(30-16-27-21)15-20(17)26-28(2)23-11-5-6-12-24(23)29(26)22-13-7-9-18-8-3-4-10-19(18)22/h7-22H,1-6H3;2*3-18H,1-2H3;3-16H,1-2H3/q4*+1. The van der Waals surface area contributed by atoms with E-state index in [0.29, 0.717) is 11.8 Å². The maximum absolute atomic E-state index is 5.75. The highest BCUT2D eigenvalue weighted by Crippen LogP contribution is 2.44. The minimum Gasteiger partial charge on any atom is -0.443 e. The van der Waals surface area contributed by atoms with Gasteiger partial charge in [0.25, 0.3) is 23.3 Å². The van der Waals surface area contributed by atoms with Gasteiger partial charge in [-0.2, -0.15) is 18.3 Å². The zero-order valence-corrected chi connectivity index (χ0v) is 75.8. The second-order valence-electron chi connectivity index (χ2n) is 34.7. The van der Waals surface area contributed by atoms with Crippen molar-refractivity contribution >= 4 is 99.3 Å². The monoisotopic (exact) mass is 1720 g/mol. The van der Waals surface area contributed by atoms with Crippen LogP contribution < -0.4 is 18.3 Å². The molecule has 0 atom stereocenters. The van der Waals surface area contributed by atoms with Gasteiger partial charge in [0, 0.05) is 22.1 Å². The molecule has 0 N–H and O–H groups in total. The number of aryl methyl sites for hydroxylation is 8. The smallest absolute Gasteiger partial charge is 0.295 e. The average molecular weight is 1720 g/mol. The largest absolute Gasteiger partial charge is 0.443 e.